The van der Waals surface area contributed by atoms with Crippen molar-refractivity contribution in [3.63, 3.8) is 0 Å². The van der Waals surface area contributed by atoms with Crippen LogP contribution >= 0.6 is 11.8 Å². The zero-order valence-electron chi connectivity index (χ0n) is 15.2. The molecule has 4 rings (SSSR count). The van der Waals surface area contributed by atoms with Gasteiger partial charge in [0.15, 0.2) is 10.8 Å². The lowest BCUT2D eigenvalue weighted by atomic mass is 10.1. The van der Waals surface area contributed by atoms with Crippen molar-refractivity contribution in [2.24, 2.45) is 0 Å². The number of rotatable bonds is 5. The number of fused-ring (bicyclic) bond motifs is 3. The third-order valence-corrected chi connectivity index (χ3v) is 5.83. The van der Waals surface area contributed by atoms with E-state index in [0.29, 0.717) is 6.42 Å². The van der Waals surface area contributed by atoms with Crippen molar-refractivity contribution in [1.29, 1.82) is 0 Å². The van der Waals surface area contributed by atoms with Crippen molar-refractivity contribution in [3.8, 4) is 0 Å². The number of hydrogen-bond acceptors (Lipinski definition) is 4. The average Bonchev–Trinajstić information content (AvgIpc) is 3.09. The number of anilines is 1. The van der Waals surface area contributed by atoms with Gasteiger partial charge in [-0.25, -0.2) is 0 Å². The van der Waals surface area contributed by atoms with Gasteiger partial charge in [-0.3, -0.25) is 9.20 Å². The summed E-state index contributed by atoms with van der Waals surface area (Å²) in [5, 5.41) is 13.3. The molecular formula is C21H20N4OS. The molecule has 2 heterocycles. The predicted octanol–water partition coefficient (Wildman–Crippen LogP) is 4.70. The molecule has 0 fully saturated rings. The van der Waals surface area contributed by atoms with Gasteiger partial charge in [0.1, 0.15) is 0 Å². The maximum atomic E-state index is 12.7. The SMILES string of the molecule is CCC(Sc1nnc2cc(C)c3ccccc3n12)C(=O)Nc1ccccc1. The summed E-state index contributed by atoms with van der Waals surface area (Å²) in [7, 11) is 0. The number of nitrogens with one attached hydrogen (secondary N) is 1. The number of pyridine rings is 1. The van der Waals surface area contributed by atoms with Crippen molar-refractivity contribution < 1.29 is 4.79 Å². The molecule has 0 aliphatic rings. The highest BCUT2D eigenvalue weighted by molar-refractivity contribution is 8.00. The molecule has 6 heteroatoms. The topological polar surface area (TPSA) is 59.3 Å². The van der Waals surface area contributed by atoms with Crippen molar-refractivity contribution in [2.75, 3.05) is 5.32 Å². The third kappa shape index (κ3) is 3.40. The fourth-order valence-corrected chi connectivity index (χ4v) is 4.12. The molecule has 0 saturated carbocycles. The first-order valence-corrected chi connectivity index (χ1v) is 9.81. The van der Waals surface area contributed by atoms with E-state index in [1.165, 1.54) is 11.8 Å². The Kier molecular flexibility index (Phi) is 4.81. The lowest BCUT2D eigenvalue weighted by molar-refractivity contribution is -0.115. The van der Waals surface area contributed by atoms with Crippen LogP contribution in [0.4, 0.5) is 5.69 Å². The molecule has 0 saturated heterocycles. The highest BCUT2D eigenvalue weighted by Gasteiger charge is 2.22. The van der Waals surface area contributed by atoms with E-state index in [1.54, 1.807) is 0 Å². The smallest absolute Gasteiger partial charge is 0.237 e. The minimum Gasteiger partial charge on any atom is -0.325 e. The number of amides is 1. The second-order valence-electron chi connectivity index (χ2n) is 6.39. The van der Waals surface area contributed by atoms with E-state index in [0.717, 1.165) is 33.0 Å². The van der Waals surface area contributed by atoms with Gasteiger partial charge >= 0.3 is 0 Å². The third-order valence-electron chi connectivity index (χ3n) is 4.53. The number of hydrogen-bond donors (Lipinski definition) is 1. The fourth-order valence-electron chi connectivity index (χ4n) is 3.14. The van der Waals surface area contributed by atoms with Crippen LogP contribution in [-0.2, 0) is 4.79 Å². The molecule has 5 nitrogen and oxygen atoms in total. The van der Waals surface area contributed by atoms with Crippen LogP contribution in [0, 0.1) is 6.92 Å². The van der Waals surface area contributed by atoms with Crippen LogP contribution in [0.25, 0.3) is 16.6 Å². The standard InChI is InChI=1S/C21H20N4OS/c1-3-18(20(26)22-15-9-5-4-6-10-15)27-21-24-23-19-13-14(2)16-11-7-8-12-17(16)25(19)21/h4-13,18H,3H2,1-2H3,(H,22,26). The van der Waals surface area contributed by atoms with Gasteiger partial charge in [0, 0.05) is 11.1 Å². The summed E-state index contributed by atoms with van der Waals surface area (Å²) in [6.45, 7) is 4.08. The van der Waals surface area contributed by atoms with Crippen molar-refractivity contribution in [1.82, 2.24) is 14.6 Å². The number of nitrogens with zero attached hydrogens (tertiary/aromatic N) is 3. The Hall–Kier alpha value is -2.86. The Bertz CT molecular complexity index is 1110. The second kappa shape index (κ2) is 7.40. The van der Waals surface area contributed by atoms with E-state index in [1.807, 2.05) is 59.9 Å². The molecule has 1 unspecified atom stereocenters. The monoisotopic (exact) mass is 376 g/mol. The van der Waals surface area contributed by atoms with Crippen LogP contribution in [0.2, 0.25) is 0 Å². The summed E-state index contributed by atoms with van der Waals surface area (Å²) in [4.78, 5) is 12.7. The summed E-state index contributed by atoms with van der Waals surface area (Å²) in [5.41, 5.74) is 3.81. The van der Waals surface area contributed by atoms with E-state index in [9.17, 15) is 4.79 Å². The van der Waals surface area contributed by atoms with Crippen molar-refractivity contribution in [2.45, 2.75) is 30.7 Å². The Morgan fingerprint density at radius 2 is 1.85 bits per heavy atom. The normalized spacial score (nSPS) is 12.4. The average molecular weight is 376 g/mol. The van der Waals surface area contributed by atoms with Gasteiger partial charge in [-0.15, -0.1) is 10.2 Å². The van der Waals surface area contributed by atoms with Crippen molar-refractivity contribution >= 4 is 39.9 Å². The number of aryl methyl sites for hydroxylation is 1. The van der Waals surface area contributed by atoms with Crippen LogP contribution in [0.15, 0.2) is 65.8 Å². The first-order valence-electron chi connectivity index (χ1n) is 8.93. The molecule has 0 aliphatic heterocycles. The lowest BCUT2D eigenvalue weighted by Crippen LogP contribution is -2.24. The molecule has 0 spiro atoms. The van der Waals surface area contributed by atoms with Gasteiger partial charge in [-0.05, 0) is 43.2 Å². The molecule has 27 heavy (non-hydrogen) atoms. The van der Waals surface area contributed by atoms with E-state index in [-0.39, 0.29) is 11.2 Å². The molecular weight excluding hydrogens is 356 g/mol. The number of carbonyl (C=O) groups excluding carboxylic acids is 1. The highest BCUT2D eigenvalue weighted by Crippen LogP contribution is 2.29. The van der Waals surface area contributed by atoms with Crippen LogP contribution < -0.4 is 5.32 Å². The van der Waals surface area contributed by atoms with Crippen molar-refractivity contribution in [3.05, 3.63) is 66.2 Å². The molecule has 0 radical (unpaired) electrons. The predicted molar refractivity (Wildman–Crippen MR) is 110 cm³/mol. The summed E-state index contributed by atoms with van der Waals surface area (Å²) in [6, 6.07) is 19.7. The maximum Gasteiger partial charge on any atom is 0.237 e. The molecule has 2 aromatic carbocycles. The second-order valence-corrected chi connectivity index (χ2v) is 7.56. The number of thioether (sulfide) groups is 1. The first-order chi connectivity index (χ1) is 13.2. The quantitative estimate of drug-likeness (QED) is 0.513. The number of carbonyl (C=O) groups is 1. The van der Waals surface area contributed by atoms with E-state index in [2.05, 4.69) is 34.6 Å². The van der Waals surface area contributed by atoms with E-state index < -0.39 is 0 Å². The Morgan fingerprint density at radius 3 is 2.63 bits per heavy atom. The summed E-state index contributed by atoms with van der Waals surface area (Å²) in [6.07, 6.45) is 0.696. The molecule has 1 N–H and O–H groups in total. The largest absolute Gasteiger partial charge is 0.325 e. The highest BCUT2D eigenvalue weighted by atomic mass is 32.2. The zero-order valence-corrected chi connectivity index (χ0v) is 16.0. The van der Waals surface area contributed by atoms with Crippen LogP contribution in [0.5, 0.6) is 0 Å². The molecule has 0 bridgehead atoms. The van der Waals surface area contributed by atoms with Crippen LogP contribution in [0.1, 0.15) is 18.9 Å². The van der Waals surface area contributed by atoms with Gasteiger partial charge in [0.25, 0.3) is 0 Å². The minimum atomic E-state index is -0.252. The van der Waals surface area contributed by atoms with Gasteiger partial charge in [0.05, 0.1) is 10.8 Å². The summed E-state index contributed by atoms with van der Waals surface area (Å²) < 4.78 is 2.03. The fraction of sp³-hybridized carbons (Fsp3) is 0.190. The van der Waals surface area contributed by atoms with Gasteiger partial charge in [-0.2, -0.15) is 0 Å². The lowest BCUT2D eigenvalue weighted by Gasteiger charge is -2.14. The Labute approximate surface area is 161 Å². The minimum absolute atomic E-state index is 0.0260. The summed E-state index contributed by atoms with van der Waals surface area (Å²) in [5.74, 6) is -0.0260. The van der Waals surface area contributed by atoms with E-state index in [4.69, 9.17) is 0 Å². The number of aromatic nitrogens is 3. The van der Waals surface area contributed by atoms with E-state index >= 15 is 0 Å². The number of para-hydroxylation sites is 2. The molecule has 2 aromatic heterocycles. The molecule has 136 valence electrons. The molecule has 1 atom stereocenters. The van der Waals surface area contributed by atoms with Gasteiger partial charge in [-0.1, -0.05) is 55.1 Å². The Morgan fingerprint density at radius 1 is 1.11 bits per heavy atom. The van der Waals surface area contributed by atoms with Gasteiger partial charge < -0.3 is 5.32 Å². The first kappa shape index (κ1) is 17.5. The molecule has 0 aliphatic carbocycles. The Balaban J connectivity index is 1.68. The number of benzene rings is 2. The maximum absolute atomic E-state index is 12.7. The molecule has 1 amide bonds. The van der Waals surface area contributed by atoms with Crippen LogP contribution in [-0.4, -0.2) is 25.8 Å². The van der Waals surface area contributed by atoms with Crippen LogP contribution in [0.3, 0.4) is 0 Å². The van der Waals surface area contributed by atoms with Gasteiger partial charge in [0.2, 0.25) is 5.91 Å². The molecule has 4 aromatic rings. The summed E-state index contributed by atoms with van der Waals surface area (Å²) >= 11 is 1.45. The zero-order chi connectivity index (χ0) is 18.8.